The second-order valence-electron chi connectivity index (χ2n) is 23.8. The van der Waals surface area contributed by atoms with E-state index in [9.17, 15) is 14.4 Å². The van der Waals surface area contributed by atoms with Crippen LogP contribution in [0.15, 0.2) is 97.2 Å². The Morgan fingerprint density at radius 2 is 0.470 bits per heavy atom. The van der Waals surface area contributed by atoms with Gasteiger partial charge in [-0.15, -0.1) is 0 Å². The first-order chi connectivity index (χ1) is 41.0. The van der Waals surface area contributed by atoms with E-state index in [1.807, 2.05) is 0 Å². The molecule has 0 amide bonds. The Labute approximate surface area is 515 Å². The molecular weight excluding hydrogens is 1020 g/mol. The summed E-state index contributed by atoms with van der Waals surface area (Å²) in [5, 5.41) is 0. The van der Waals surface area contributed by atoms with E-state index < -0.39 is 6.10 Å². The molecule has 0 spiro atoms. The Kier molecular flexibility index (Phi) is 67.7. The zero-order valence-corrected chi connectivity index (χ0v) is 54.9. The van der Waals surface area contributed by atoms with Crippen LogP contribution >= 0.6 is 0 Å². The Morgan fingerprint density at radius 1 is 0.253 bits per heavy atom. The first-order valence-corrected chi connectivity index (χ1v) is 35.7. The number of rotatable bonds is 65. The van der Waals surface area contributed by atoms with Crippen LogP contribution < -0.4 is 0 Å². The molecule has 1 atom stereocenters. The summed E-state index contributed by atoms with van der Waals surface area (Å²) >= 11 is 0. The molecule has 0 aliphatic rings. The maximum atomic E-state index is 13.0. The number of hydrogen-bond acceptors (Lipinski definition) is 6. The van der Waals surface area contributed by atoms with Crippen LogP contribution in [0.4, 0.5) is 0 Å². The second-order valence-corrected chi connectivity index (χ2v) is 23.8. The fourth-order valence-electron chi connectivity index (χ4n) is 10.2. The molecule has 1 unspecified atom stereocenters. The summed E-state index contributed by atoms with van der Waals surface area (Å²) < 4.78 is 17.0. The van der Waals surface area contributed by atoms with E-state index in [4.69, 9.17) is 14.2 Å². The Balaban J connectivity index is 4.30. The highest BCUT2D eigenvalue weighted by molar-refractivity contribution is 5.71. The van der Waals surface area contributed by atoms with Crippen molar-refractivity contribution < 1.29 is 28.6 Å². The Bertz CT molecular complexity index is 1610. The number of carbonyl (C=O) groups excluding carboxylic acids is 3. The van der Waals surface area contributed by atoms with Gasteiger partial charge in [-0.25, -0.2) is 0 Å². The number of ether oxygens (including phenoxy) is 3. The van der Waals surface area contributed by atoms with Crippen molar-refractivity contribution in [3.05, 3.63) is 97.2 Å². The molecule has 0 bridgehead atoms. The van der Waals surface area contributed by atoms with E-state index in [1.54, 1.807) is 0 Å². The third-order valence-corrected chi connectivity index (χ3v) is 15.6. The summed E-state index contributed by atoms with van der Waals surface area (Å²) in [4.78, 5) is 38.5. The average Bonchev–Trinajstić information content (AvgIpc) is 3.49. The molecule has 0 saturated heterocycles. The van der Waals surface area contributed by atoms with Gasteiger partial charge in [0.1, 0.15) is 13.2 Å². The molecule has 83 heavy (non-hydrogen) atoms. The highest BCUT2D eigenvalue weighted by Gasteiger charge is 2.19. The van der Waals surface area contributed by atoms with Gasteiger partial charge in [0.15, 0.2) is 6.10 Å². The summed E-state index contributed by atoms with van der Waals surface area (Å²) in [6, 6.07) is 0. The second kappa shape index (κ2) is 70.8. The highest BCUT2D eigenvalue weighted by Crippen LogP contribution is 2.17. The number of hydrogen-bond donors (Lipinski definition) is 0. The Hall–Kier alpha value is -3.67. The van der Waals surface area contributed by atoms with Crippen LogP contribution in [0.25, 0.3) is 0 Å². The SMILES string of the molecule is CC/C=C\C/C=C\C/C=C\C/C=C\C/C=C\C/C=C\CCCCCCCCCCC(=O)OCC(COC(=O)CCCCCCCCCCCCCCC)OC(=O)CCCCCCCCCCCCCCC/C=C\C/C=C\CCCCCCC. The van der Waals surface area contributed by atoms with Gasteiger partial charge in [-0.3, -0.25) is 14.4 Å². The Morgan fingerprint density at radius 3 is 0.735 bits per heavy atom. The minimum absolute atomic E-state index is 0.0765. The van der Waals surface area contributed by atoms with Crippen molar-refractivity contribution in [3.63, 3.8) is 0 Å². The van der Waals surface area contributed by atoms with Crippen LogP contribution in [0.3, 0.4) is 0 Å². The fraction of sp³-hybridized carbons (Fsp3) is 0.753. The first kappa shape index (κ1) is 79.3. The van der Waals surface area contributed by atoms with Gasteiger partial charge in [0, 0.05) is 19.3 Å². The lowest BCUT2D eigenvalue weighted by molar-refractivity contribution is -0.167. The summed E-state index contributed by atoms with van der Waals surface area (Å²) in [5.41, 5.74) is 0. The smallest absolute Gasteiger partial charge is 0.306 e. The van der Waals surface area contributed by atoms with Crippen molar-refractivity contribution >= 4 is 17.9 Å². The summed E-state index contributed by atoms with van der Waals surface area (Å²) in [7, 11) is 0. The summed E-state index contributed by atoms with van der Waals surface area (Å²) in [6.07, 6.45) is 95.7. The van der Waals surface area contributed by atoms with Crippen molar-refractivity contribution in [2.24, 2.45) is 0 Å². The number of esters is 3. The molecule has 0 heterocycles. The maximum Gasteiger partial charge on any atom is 0.306 e. The average molecular weight is 1160 g/mol. The molecule has 6 nitrogen and oxygen atoms in total. The molecule has 0 aromatic rings. The van der Waals surface area contributed by atoms with E-state index in [0.29, 0.717) is 19.3 Å². The van der Waals surface area contributed by atoms with Crippen LogP contribution in [-0.4, -0.2) is 37.2 Å². The molecule has 6 heteroatoms. The van der Waals surface area contributed by atoms with Crippen LogP contribution in [0, 0.1) is 0 Å². The van der Waals surface area contributed by atoms with Crippen molar-refractivity contribution in [1.29, 1.82) is 0 Å². The zero-order valence-electron chi connectivity index (χ0n) is 54.9. The van der Waals surface area contributed by atoms with Gasteiger partial charge in [0.05, 0.1) is 0 Å². The fourth-order valence-corrected chi connectivity index (χ4v) is 10.2. The molecule has 0 radical (unpaired) electrons. The molecule has 0 aromatic heterocycles. The topological polar surface area (TPSA) is 78.9 Å². The molecule has 0 aliphatic heterocycles. The first-order valence-electron chi connectivity index (χ1n) is 35.7. The van der Waals surface area contributed by atoms with Gasteiger partial charge >= 0.3 is 17.9 Å². The molecular formula is C77H134O6. The third-order valence-electron chi connectivity index (χ3n) is 15.6. The van der Waals surface area contributed by atoms with Crippen LogP contribution in [-0.2, 0) is 28.6 Å². The van der Waals surface area contributed by atoms with E-state index in [2.05, 4.69) is 118 Å². The monoisotopic (exact) mass is 1160 g/mol. The highest BCUT2D eigenvalue weighted by atomic mass is 16.6. The largest absolute Gasteiger partial charge is 0.462 e. The minimum Gasteiger partial charge on any atom is -0.462 e. The van der Waals surface area contributed by atoms with Gasteiger partial charge in [-0.2, -0.15) is 0 Å². The van der Waals surface area contributed by atoms with Gasteiger partial charge in [0.2, 0.25) is 0 Å². The molecule has 0 aromatic carbocycles. The summed E-state index contributed by atoms with van der Waals surface area (Å²) in [5.74, 6) is -0.868. The molecule has 0 saturated carbocycles. The van der Waals surface area contributed by atoms with Crippen LogP contribution in [0.5, 0.6) is 0 Å². The molecule has 0 fully saturated rings. The van der Waals surface area contributed by atoms with Crippen molar-refractivity contribution in [3.8, 4) is 0 Å². The molecule has 478 valence electrons. The third kappa shape index (κ3) is 69.0. The maximum absolute atomic E-state index is 13.0. The lowest BCUT2D eigenvalue weighted by Gasteiger charge is -2.18. The van der Waals surface area contributed by atoms with Gasteiger partial charge < -0.3 is 14.2 Å². The van der Waals surface area contributed by atoms with Crippen LogP contribution in [0.1, 0.15) is 355 Å². The van der Waals surface area contributed by atoms with E-state index in [0.717, 1.165) is 109 Å². The van der Waals surface area contributed by atoms with Gasteiger partial charge in [0.25, 0.3) is 0 Å². The standard InChI is InChI=1S/C77H134O6/c1-4-7-10-13-16-19-22-25-27-29-31-33-35-37-38-40-41-43-45-47-49-52-55-58-61-64-67-70-76(79)82-73-74(72-81-75(78)69-66-63-60-57-54-51-24-21-18-15-12-9-6-3)83-77(80)71-68-65-62-59-56-53-50-48-46-44-42-39-36-34-32-30-28-26-23-20-17-14-11-8-5-2/h7,10,16,19,23,25-27,30-33,37-38,41,43,74H,4-6,8-9,11-15,17-18,20-22,24,28-29,34-36,39-40,42,44-73H2,1-3H3/b10-7-,19-16-,26-23-,27-25-,32-30-,33-31-,38-37-,43-41-. The van der Waals surface area contributed by atoms with Gasteiger partial charge in [-0.05, 0) is 103 Å². The molecule has 0 rings (SSSR count). The van der Waals surface area contributed by atoms with Crippen molar-refractivity contribution in [1.82, 2.24) is 0 Å². The molecule has 0 aliphatic carbocycles. The van der Waals surface area contributed by atoms with Crippen LogP contribution in [0.2, 0.25) is 0 Å². The minimum atomic E-state index is -0.782. The number of allylic oxidation sites excluding steroid dienone is 16. The molecule has 0 N–H and O–H groups in total. The quantitative estimate of drug-likeness (QED) is 0.0261. The van der Waals surface area contributed by atoms with Crippen molar-refractivity contribution in [2.45, 2.75) is 361 Å². The number of unbranched alkanes of at least 4 members (excludes halogenated alkanes) is 38. The predicted octanol–water partition coefficient (Wildman–Crippen LogP) is 24.8. The van der Waals surface area contributed by atoms with E-state index in [-0.39, 0.29) is 31.1 Å². The summed E-state index contributed by atoms with van der Waals surface area (Å²) in [6.45, 7) is 6.55. The lowest BCUT2D eigenvalue weighted by atomic mass is 10.0. The van der Waals surface area contributed by atoms with Gasteiger partial charge in [-0.1, -0.05) is 330 Å². The number of carbonyl (C=O) groups is 3. The predicted molar refractivity (Wildman–Crippen MR) is 362 cm³/mol. The van der Waals surface area contributed by atoms with E-state index >= 15 is 0 Å². The van der Waals surface area contributed by atoms with Crippen molar-refractivity contribution in [2.75, 3.05) is 13.2 Å². The lowest BCUT2D eigenvalue weighted by Crippen LogP contribution is -2.30. The van der Waals surface area contributed by atoms with E-state index in [1.165, 1.54) is 205 Å². The zero-order chi connectivity index (χ0) is 59.9. The normalized spacial score (nSPS) is 12.7.